The fraction of sp³-hybridized carbons (Fsp3) is 0.923. The Balaban J connectivity index is 1.94. The maximum atomic E-state index is 11.0. The maximum absolute atomic E-state index is 11.0. The summed E-state index contributed by atoms with van der Waals surface area (Å²) in [6.07, 6.45) is 0. The first-order valence-corrected chi connectivity index (χ1v) is 6.99. The lowest BCUT2D eigenvalue weighted by molar-refractivity contribution is -0.148. The highest BCUT2D eigenvalue weighted by Crippen LogP contribution is 1.98. The molecule has 0 bridgehead atoms. The van der Waals surface area contributed by atoms with Crippen LogP contribution in [0.5, 0.6) is 0 Å². The van der Waals surface area contributed by atoms with E-state index in [0.717, 1.165) is 39.4 Å². The van der Waals surface area contributed by atoms with Crippen molar-refractivity contribution in [3.63, 3.8) is 0 Å². The van der Waals surface area contributed by atoms with Crippen molar-refractivity contribution >= 4 is 5.97 Å². The molecule has 1 atom stereocenters. The zero-order valence-electron chi connectivity index (χ0n) is 12.0. The molecule has 1 fully saturated rings. The monoisotopic (exact) mass is 274 g/mol. The van der Waals surface area contributed by atoms with Crippen LogP contribution in [0.4, 0.5) is 0 Å². The van der Waals surface area contributed by atoms with Gasteiger partial charge in [-0.25, -0.2) is 4.79 Å². The molecule has 0 aromatic carbocycles. The van der Waals surface area contributed by atoms with Gasteiger partial charge in [-0.05, 0) is 13.8 Å². The molecule has 1 rings (SSSR count). The van der Waals surface area contributed by atoms with Crippen LogP contribution < -0.4 is 5.32 Å². The number of nitrogens with zero attached hydrogens (tertiary/aromatic N) is 1. The Morgan fingerprint density at radius 3 is 2.84 bits per heavy atom. The summed E-state index contributed by atoms with van der Waals surface area (Å²) in [5.41, 5.74) is 0. The molecule has 1 N–H and O–H groups in total. The zero-order chi connectivity index (χ0) is 13.9. The van der Waals surface area contributed by atoms with Gasteiger partial charge in [0.1, 0.15) is 6.61 Å². The van der Waals surface area contributed by atoms with Crippen LogP contribution in [0.1, 0.15) is 13.8 Å². The van der Waals surface area contributed by atoms with Crippen molar-refractivity contribution in [1.29, 1.82) is 0 Å². The van der Waals surface area contributed by atoms with Crippen LogP contribution >= 0.6 is 0 Å². The van der Waals surface area contributed by atoms with Gasteiger partial charge in [0, 0.05) is 32.2 Å². The molecule has 0 aromatic heterocycles. The van der Waals surface area contributed by atoms with Gasteiger partial charge in [-0.3, -0.25) is 4.90 Å². The number of nitrogens with one attached hydrogen (secondary N) is 1. The summed E-state index contributed by atoms with van der Waals surface area (Å²) < 4.78 is 15.3. The minimum absolute atomic E-state index is 0.0351. The van der Waals surface area contributed by atoms with E-state index < -0.39 is 0 Å². The van der Waals surface area contributed by atoms with Crippen LogP contribution in [0.3, 0.4) is 0 Å². The number of ether oxygens (including phenoxy) is 3. The minimum Gasteiger partial charge on any atom is -0.464 e. The highest BCUT2D eigenvalue weighted by molar-refractivity contribution is 5.70. The smallest absolute Gasteiger partial charge is 0.332 e. The van der Waals surface area contributed by atoms with Gasteiger partial charge in [-0.15, -0.1) is 0 Å². The summed E-state index contributed by atoms with van der Waals surface area (Å²) in [6.45, 7) is 10.3. The van der Waals surface area contributed by atoms with Crippen LogP contribution in [0.15, 0.2) is 0 Å². The second-order valence-electron chi connectivity index (χ2n) is 4.63. The fourth-order valence-electron chi connectivity index (χ4n) is 1.97. The van der Waals surface area contributed by atoms with Crippen LogP contribution in [-0.2, 0) is 19.0 Å². The fourth-order valence-corrected chi connectivity index (χ4v) is 1.97. The molecular weight excluding hydrogens is 248 g/mol. The van der Waals surface area contributed by atoms with Gasteiger partial charge < -0.3 is 19.5 Å². The predicted octanol–water partition coefficient (Wildman–Crippen LogP) is -0.124. The van der Waals surface area contributed by atoms with Crippen molar-refractivity contribution in [2.24, 2.45) is 0 Å². The third kappa shape index (κ3) is 8.15. The molecule has 0 spiro atoms. The lowest BCUT2D eigenvalue weighted by Gasteiger charge is -2.29. The average molecular weight is 274 g/mol. The standard InChI is InChI=1S/C13H26N2O4/c1-3-19-13(16)11-18-7-4-14-12(2)10-15-5-8-17-9-6-15/h12,14H,3-11H2,1-2H3. The number of hydrogen-bond acceptors (Lipinski definition) is 6. The Bertz CT molecular complexity index is 245. The van der Waals surface area contributed by atoms with E-state index in [9.17, 15) is 4.79 Å². The number of carbonyl (C=O) groups excluding carboxylic acids is 1. The Morgan fingerprint density at radius 2 is 2.16 bits per heavy atom. The normalized spacial score (nSPS) is 18.2. The molecule has 0 saturated carbocycles. The lowest BCUT2D eigenvalue weighted by Crippen LogP contribution is -2.45. The highest BCUT2D eigenvalue weighted by Gasteiger charge is 2.13. The first-order valence-electron chi connectivity index (χ1n) is 6.99. The summed E-state index contributed by atoms with van der Waals surface area (Å²) in [4.78, 5) is 13.4. The second-order valence-corrected chi connectivity index (χ2v) is 4.63. The number of morpholine rings is 1. The summed E-state index contributed by atoms with van der Waals surface area (Å²) in [7, 11) is 0. The van der Waals surface area contributed by atoms with Gasteiger partial charge >= 0.3 is 5.97 Å². The van der Waals surface area contributed by atoms with Crippen LogP contribution in [-0.4, -0.2) is 76.1 Å². The number of rotatable bonds is 9. The van der Waals surface area contributed by atoms with Crippen molar-refractivity contribution in [3.05, 3.63) is 0 Å². The molecule has 0 radical (unpaired) electrons. The molecule has 0 aromatic rings. The van der Waals surface area contributed by atoms with Gasteiger partial charge in [0.15, 0.2) is 0 Å². The van der Waals surface area contributed by atoms with Crippen LogP contribution in [0.2, 0.25) is 0 Å². The Labute approximate surface area is 115 Å². The first-order chi connectivity index (χ1) is 9.22. The van der Waals surface area contributed by atoms with Crippen LogP contribution in [0.25, 0.3) is 0 Å². The second kappa shape index (κ2) is 10.1. The SMILES string of the molecule is CCOC(=O)COCCNC(C)CN1CCOCC1. The molecule has 6 heteroatoms. The summed E-state index contributed by atoms with van der Waals surface area (Å²) in [5.74, 6) is -0.302. The van der Waals surface area contributed by atoms with Crippen molar-refractivity contribution in [1.82, 2.24) is 10.2 Å². The highest BCUT2D eigenvalue weighted by atomic mass is 16.6. The molecule has 6 nitrogen and oxygen atoms in total. The first kappa shape index (κ1) is 16.4. The quantitative estimate of drug-likeness (QED) is 0.467. The molecule has 1 saturated heterocycles. The van der Waals surface area contributed by atoms with E-state index in [0.29, 0.717) is 19.3 Å². The largest absolute Gasteiger partial charge is 0.464 e. The number of esters is 1. The maximum Gasteiger partial charge on any atom is 0.332 e. The molecule has 1 aliphatic rings. The molecule has 0 aliphatic carbocycles. The zero-order valence-corrected chi connectivity index (χ0v) is 12.0. The molecule has 1 heterocycles. The third-order valence-corrected chi connectivity index (χ3v) is 2.90. The Morgan fingerprint density at radius 1 is 1.42 bits per heavy atom. The van der Waals surface area contributed by atoms with Gasteiger partial charge in [-0.1, -0.05) is 0 Å². The van der Waals surface area contributed by atoms with E-state index in [-0.39, 0.29) is 12.6 Å². The number of hydrogen-bond donors (Lipinski definition) is 1. The van der Waals surface area contributed by atoms with Crippen LogP contribution in [0, 0.1) is 0 Å². The van der Waals surface area contributed by atoms with Crippen molar-refractivity contribution in [2.75, 3.05) is 59.2 Å². The van der Waals surface area contributed by atoms with Crippen molar-refractivity contribution in [3.8, 4) is 0 Å². The van der Waals surface area contributed by atoms with Gasteiger partial charge in [-0.2, -0.15) is 0 Å². The number of carbonyl (C=O) groups is 1. The minimum atomic E-state index is -0.302. The van der Waals surface area contributed by atoms with E-state index >= 15 is 0 Å². The Hall–Kier alpha value is -0.690. The Kier molecular flexibility index (Phi) is 8.73. The average Bonchev–Trinajstić information content (AvgIpc) is 2.40. The van der Waals surface area contributed by atoms with E-state index in [1.54, 1.807) is 6.92 Å². The van der Waals surface area contributed by atoms with E-state index in [4.69, 9.17) is 14.2 Å². The topological polar surface area (TPSA) is 60.0 Å². The van der Waals surface area contributed by atoms with Gasteiger partial charge in [0.2, 0.25) is 0 Å². The van der Waals surface area contributed by atoms with E-state index in [2.05, 4.69) is 17.1 Å². The summed E-state index contributed by atoms with van der Waals surface area (Å²) in [6, 6.07) is 0.407. The van der Waals surface area contributed by atoms with E-state index in [1.807, 2.05) is 0 Å². The van der Waals surface area contributed by atoms with Gasteiger partial charge in [0.05, 0.1) is 26.4 Å². The van der Waals surface area contributed by atoms with Crippen molar-refractivity contribution < 1.29 is 19.0 Å². The molecular formula is C13H26N2O4. The third-order valence-electron chi connectivity index (χ3n) is 2.90. The van der Waals surface area contributed by atoms with Crippen molar-refractivity contribution in [2.45, 2.75) is 19.9 Å². The molecule has 1 unspecified atom stereocenters. The molecule has 19 heavy (non-hydrogen) atoms. The summed E-state index contributed by atoms with van der Waals surface area (Å²) in [5, 5.41) is 3.38. The predicted molar refractivity (Wildman–Crippen MR) is 72.2 cm³/mol. The molecule has 112 valence electrons. The molecule has 1 aliphatic heterocycles. The lowest BCUT2D eigenvalue weighted by atomic mass is 10.3. The summed E-state index contributed by atoms with van der Waals surface area (Å²) >= 11 is 0. The molecule has 0 amide bonds. The van der Waals surface area contributed by atoms with Gasteiger partial charge in [0.25, 0.3) is 0 Å². The van der Waals surface area contributed by atoms with E-state index in [1.165, 1.54) is 0 Å².